The third kappa shape index (κ3) is 4.24. The molecule has 0 aliphatic carbocycles. The zero-order chi connectivity index (χ0) is 15.4. The standard InChI is InChI=1S/C16H24N4S/c1-11(2)16-18-13(5)10-14(19-16)20(12(3)4)8-6-15-17-7-9-21-15/h7,9-12H,6,8H2,1-5H3. The highest BCUT2D eigenvalue weighted by molar-refractivity contribution is 7.09. The molecular formula is C16H24N4S. The zero-order valence-corrected chi connectivity index (χ0v) is 14.3. The number of nitrogens with zero attached hydrogens (tertiary/aromatic N) is 4. The van der Waals surface area contributed by atoms with Gasteiger partial charge >= 0.3 is 0 Å². The first-order chi connectivity index (χ1) is 9.97. The van der Waals surface area contributed by atoms with Gasteiger partial charge in [0.15, 0.2) is 0 Å². The number of thiazole rings is 1. The maximum absolute atomic E-state index is 4.75. The Kier molecular flexibility index (Phi) is 5.28. The van der Waals surface area contributed by atoms with Gasteiger partial charge in [0.25, 0.3) is 0 Å². The van der Waals surface area contributed by atoms with Crippen molar-refractivity contribution in [1.29, 1.82) is 0 Å². The van der Waals surface area contributed by atoms with E-state index >= 15 is 0 Å². The van der Waals surface area contributed by atoms with Crippen LogP contribution in [0.15, 0.2) is 17.6 Å². The van der Waals surface area contributed by atoms with Crippen LogP contribution in [0.25, 0.3) is 0 Å². The molecule has 2 aromatic heterocycles. The fraction of sp³-hybridized carbons (Fsp3) is 0.562. The number of anilines is 1. The summed E-state index contributed by atoms with van der Waals surface area (Å²) in [4.78, 5) is 16.0. The van der Waals surface area contributed by atoms with Crippen LogP contribution in [-0.2, 0) is 6.42 Å². The lowest BCUT2D eigenvalue weighted by atomic mass is 10.2. The molecule has 5 heteroatoms. The molecule has 0 aliphatic heterocycles. The Morgan fingerprint density at radius 3 is 2.52 bits per heavy atom. The maximum atomic E-state index is 4.75. The fourth-order valence-electron chi connectivity index (χ4n) is 2.21. The largest absolute Gasteiger partial charge is 0.354 e. The first-order valence-electron chi connectivity index (χ1n) is 7.48. The Morgan fingerprint density at radius 1 is 1.19 bits per heavy atom. The van der Waals surface area contributed by atoms with E-state index < -0.39 is 0 Å². The molecule has 21 heavy (non-hydrogen) atoms. The van der Waals surface area contributed by atoms with Crippen molar-refractivity contribution in [2.24, 2.45) is 0 Å². The first-order valence-corrected chi connectivity index (χ1v) is 8.36. The average molecular weight is 304 g/mol. The van der Waals surface area contributed by atoms with Crippen LogP contribution in [0, 0.1) is 6.92 Å². The Balaban J connectivity index is 2.21. The van der Waals surface area contributed by atoms with E-state index in [1.165, 1.54) is 5.01 Å². The van der Waals surface area contributed by atoms with Crippen molar-refractivity contribution in [2.45, 2.75) is 53.0 Å². The van der Waals surface area contributed by atoms with Gasteiger partial charge in [0.2, 0.25) is 0 Å². The van der Waals surface area contributed by atoms with Gasteiger partial charge in [0, 0.05) is 48.3 Å². The summed E-state index contributed by atoms with van der Waals surface area (Å²) in [6.07, 6.45) is 2.82. The highest BCUT2D eigenvalue weighted by Gasteiger charge is 2.15. The van der Waals surface area contributed by atoms with Crippen LogP contribution in [0.2, 0.25) is 0 Å². The third-order valence-electron chi connectivity index (χ3n) is 3.34. The summed E-state index contributed by atoms with van der Waals surface area (Å²) in [5.41, 5.74) is 1.03. The predicted molar refractivity (Wildman–Crippen MR) is 89.2 cm³/mol. The summed E-state index contributed by atoms with van der Waals surface area (Å²) >= 11 is 1.71. The number of hydrogen-bond donors (Lipinski definition) is 0. The van der Waals surface area contributed by atoms with Gasteiger partial charge in [0.05, 0.1) is 5.01 Å². The second-order valence-corrected chi connectivity index (χ2v) is 6.82. The second kappa shape index (κ2) is 6.98. The smallest absolute Gasteiger partial charge is 0.133 e. The van der Waals surface area contributed by atoms with Crippen LogP contribution in [0.4, 0.5) is 5.82 Å². The molecule has 114 valence electrons. The third-order valence-corrected chi connectivity index (χ3v) is 4.18. The Labute approximate surface area is 131 Å². The highest BCUT2D eigenvalue weighted by atomic mass is 32.1. The van der Waals surface area contributed by atoms with Crippen molar-refractivity contribution in [3.8, 4) is 0 Å². The molecule has 0 amide bonds. The van der Waals surface area contributed by atoms with Crippen LogP contribution < -0.4 is 4.90 Å². The van der Waals surface area contributed by atoms with Crippen LogP contribution >= 0.6 is 11.3 Å². The van der Waals surface area contributed by atoms with Crippen LogP contribution in [0.3, 0.4) is 0 Å². The molecule has 0 radical (unpaired) electrons. The first kappa shape index (κ1) is 15.9. The second-order valence-electron chi connectivity index (χ2n) is 5.84. The van der Waals surface area contributed by atoms with E-state index in [0.29, 0.717) is 12.0 Å². The van der Waals surface area contributed by atoms with Crippen molar-refractivity contribution in [1.82, 2.24) is 15.0 Å². The summed E-state index contributed by atoms with van der Waals surface area (Å²) in [7, 11) is 0. The molecule has 0 unspecified atom stereocenters. The number of rotatable bonds is 6. The number of hydrogen-bond acceptors (Lipinski definition) is 5. The molecule has 0 N–H and O–H groups in total. The summed E-state index contributed by atoms with van der Waals surface area (Å²) in [5, 5.41) is 3.20. The summed E-state index contributed by atoms with van der Waals surface area (Å²) < 4.78 is 0. The van der Waals surface area contributed by atoms with Gasteiger partial charge < -0.3 is 4.90 Å². The Bertz CT molecular complexity index is 564. The molecular weight excluding hydrogens is 280 g/mol. The minimum atomic E-state index is 0.344. The van der Waals surface area contributed by atoms with E-state index in [4.69, 9.17) is 4.98 Å². The molecule has 0 bridgehead atoms. The van der Waals surface area contributed by atoms with Crippen molar-refractivity contribution in [2.75, 3.05) is 11.4 Å². The van der Waals surface area contributed by atoms with Gasteiger partial charge in [-0.3, -0.25) is 0 Å². The lowest BCUT2D eigenvalue weighted by molar-refractivity contribution is 0.657. The summed E-state index contributed by atoms with van der Waals surface area (Å²) in [6.45, 7) is 11.6. The molecule has 0 aromatic carbocycles. The summed E-state index contributed by atoms with van der Waals surface area (Å²) in [6, 6.07) is 2.48. The summed E-state index contributed by atoms with van der Waals surface area (Å²) in [5.74, 6) is 2.29. The van der Waals surface area contributed by atoms with Gasteiger partial charge in [-0.05, 0) is 20.8 Å². The molecule has 0 fully saturated rings. The van der Waals surface area contributed by atoms with Crippen LogP contribution in [0.1, 0.15) is 50.1 Å². The molecule has 0 spiro atoms. The van der Waals surface area contributed by atoms with Crippen LogP contribution in [0.5, 0.6) is 0 Å². The minimum Gasteiger partial charge on any atom is -0.354 e. The average Bonchev–Trinajstić information content (AvgIpc) is 2.91. The SMILES string of the molecule is Cc1cc(N(CCc2nccs2)C(C)C)nc(C(C)C)n1. The molecule has 2 heterocycles. The van der Waals surface area contributed by atoms with Crippen LogP contribution in [-0.4, -0.2) is 27.5 Å². The maximum Gasteiger partial charge on any atom is 0.133 e. The van der Waals surface area contributed by atoms with E-state index in [1.54, 1.807) is 11.3 Å². The molecule has 0 atom stereocenters. The van der Waals surface area contributed by atoms with Gasteiger partial charge in [0.1, 0.15) is 11.6 Å². The molecule has 0 saturated carbocycles. The lowest BCUT2D eigenvalue weighted by Crippen LogP contribution is -2.34. The van der Waals surface area contributed by atoms with Gasteiger partial charge in [-0.1, -0.05) is 13.8 Å². The van der Waals surface area contributed by atoms with Crippen molar-refractivity contribution < 1.29 is 0 Å². The number of aromatic nitrogens is 3. The van der Waals surface area contributed by atoms with E-state index in [-0.39, 0.29) is 0 Å². The van der Waals surface area contributed by atoms with Gasteiger partial charge in [-0.25, -0.2) is 15.0 Å². The fourth-order valence-corrected chi connectivity index (χ4v) is 2.82. The molecule has 0 saturated heterocycles. The lowest BCUT2D eigenvalue weighted by Gasteiger charge is -2.28. The van der Waals surface area contributed by atoms with Gasteiger partial charge in [-0.15, -0.1) is 11.3 Å². The van der Waals surface area contributed by atoms with Gasteiger partial charge in [-0.2, -0.15) is 0 Å². The Hall–Kier alpha value is -1.49. The minimum absolute atomic E-state index is 0.344. The molecule has 4 nitrogen and oxygen atoms in total. The Morgan fingerprint density at radius 2 is 1.95 bits per heavy atom. The van der Waals surface area contributed by atoms with Crippen molar-refractivity contribution in [3.63, 3.8) is 0 Å². The number of aryl methyl sites for hydroxylation is 1. The highest BCUT2D eigenvalue weighted by Crippen LogP contribution is 2.20. The monoisotopic (exact) mass is 304 g/mol. The quantitative estimate of drug-likeness (QED) is 0.813. The molecule has 0 aliphatic rings. The predicted octanol–water partition coefficient (Wildman–Crippen LogP) is 3.82. The van der Waals surface area contributed by atoms with Crippen molar-refractivity contribution in [3.05, 3.63) is 34.2 Å². The van der Waals surface area contributed by atoms with E-state index in [0.717, 1.165) is 30.3 Å². The van der Waals surface area contributed by atoms with Crippen molar-refractivity contribution >= 4 is 17.2 Å². The zero-order valence-electron chi connectivity index (χ0n) is 13.5. The molecule has 2 aromatic rings. The molecule has 2 rings (SSSR count). The van der Waals surface area contributed by atoms with E-state index in [2.05, 4.69) is 48.6 Å². The van der Waals surface area contributed by atoms with E-state index in [9.17, 15) is 0 Å². The van der Waals surface area contributed by atoms with E-state index in [1.807, 2.05) is 18.5 Å². The topological polar surface area (TPSA) is 41.9 Å². The normalized spacial score (nSPS) is 11.4.